The number of halogens is 3. The Morgan fingerprint density at radius 2 is 2.00 bits per heavy atom. The Kier molecular flexibility index (Phi) is 7.48. The number of anilines is 2. The van der Waals surface area contributed by atoms with Gasteiger partial charge in [0.15, 0.2) is 17.3 Å². The number of nitrogens with one attached hydrogen (secondary N) is 1. The third kappa shape index (κ3) is 4.64. The van der Waals surface area contributed by atoms with Gasteiger partial charge in [0.25, 0.3) is 0 Å². The number of pyridine rings is 2. The Hall–Kier alpha value is -4.58. The van der Waals surface area contributed by atoms with Gasteiger partial charge in [0.1, 0.15) is 17.3 Å². The first-order chi connectivity index (χ1) is 21.0. The second kappa shape index (κ2) is 11.2. The zero-order valence-corrected chi connectivity index (χ0v) is 25.1. The van der Waals surface area contributed by atoms with Gasteiger partial charge in [0.05, 0.1) is 33.0 Å². The van der Waals surface area contributed by atoms with Crippen LogP contribution in [0.3, 0.4) is 0 Å². The molecule has 6 rings (SSSR count). The first-order valence-electron chi connectivity index (χ1n) is 14.2. The van der Waals surface area contributed by atoms with E-state index < -0.39 is 28.6 Å². The van der Waals surface area contributed by atoms with Gasteiger partial charge < -0.3 is 20.2 Å². The molecule has 0 spiro atoms. The molecule has 0 saturated carbocycles. The largest absolute Gasteiger partial charge is 0.507 e. The van der Waals surface area contributed by atoms with Crippen molar-refractivity contribution < 1.29 is 18.7 Å². The Morgan fingerprint density at radius 1 is 1.23 bits per heavy atom. The predicted octanol–water partition coefficient (Wildman–Crippen LogP) is 4.93. The van der Waals surface area contributed by atoms with E-state index in [0.717, 1.165) is 17.7 Å². The van der Waals surface area contributed by atoms with Crippen LogP contribution in [-0.4, -0.2) is 67.7 Å². The highest BCUT2D eigenvalue weighted by Crippen LogP contribution is 2.45. The zero-order valence-electron chi connectivity index (χ0n) is 24.4. The van der Waals surface area contributed by atoms with Gasteiger partial charge >= 0.3 is 5.69 Å². The van der Waals surface area contributed by atoms with Gasteiger partial charge in [0.2, 0.25) is 5.91 Å². The molecule has 3 aromatic heterocycles. The molecule has 1 fully saturated rings. The number of fused-ring (bicyclic) bond motifs is 2. The molecule has 2 aliphatic heterocycles. The molecule has 2 N–H and O–H groups in total. The summed E-state index contributed by atoms with van der Waals surface area (Å²) >= 11 is 6.92. The van der Waals surface area contributed by atoms with Crippen molar-refractivity contribution >= 4 is 40.0 Å². The number of benzene rings is 1. The number of phenolic OH excluding ortho intramolecular Hbond substituents is 1. The fraction of sp³-hybridized carbons (Fsp3) is 0.323. The van der Waals surface area contributed by atoms with Crippen molar-refractivity contribution in [1.29, 1.82) is 0 Å². The van der Waals surface area contributed by atoms with E-state index in [1.54, 1.807) is 17.2 Å². The van der Waals surface area contributed by atoms with Crippen LogP contribution in [0, 0.1) is 18.6 Å². The SMILES string of the molecule is C=CC(=O)N1CCN2c3nc(=O)n(-c4c(C)ccnc4C(C)C)c4nc(-c5c(O)ccc(F)c5F)c(Cl)c(c34)NCCC2C1. The molecule has 0 radical (unpaired) electrons. The van der Waals surface area contributed by atoms with Crippen molar-refractivity contribution in [1.82, 2.24) is 24.4 Å². The highest BCUT2D eigenvalue weighted by atomic mass is 35.5. The van der Waals surface area contributed by atoms with E-state index in [4.69, 9.17) is 16.6 Å². The molecule has 4 aromatic rings. The molecule has 1 unspecified atom stereocenters. The molecule has 1 amide bonds. The number of aromatic hydroxyl groups is 1. The lowest BCUT2D eigenvalue weighted by molar-refractivity contribution is -0.126. The summed E-state index contributed by atoms with van der Waals surface area (Å²) in [4.78, 5) is 44.1. The van der Waals surface area contributed by atoms with Gasteiger partial charge in [-0.1, -0.05) is 32.0 Å². The van der Waals surface area contributed by atoms with Crippen LogP contribution in [0.25, 0.3) is 28.0 Å². The molecule has 1 atom stereocenters. The number of nitrogens with zero attached hydrogens (tertiary/aromatic N) is 6. The van der Waals surface area contributed by atoms with E-state index >= 15 is 4.39 Å². The third-order valence-corrected chi connectivity index (χ3v) is 8.57. The Labute approximate surface area is 256 Å². The number of hydrogen-bond donors (Lipinski definition) is 2. The minimum atomic E-state index is -1.33. The van der Waals surface area contributed by atoms with Crippen LogP contribution in [0.4, 0.5) is 20.3 Å². The molecule has 5 heterocycles. The highest BCUT2D eigenvalue weighted by molar-refractivity contribution is 6.37. The second-order valence-electron chi connectivity index (χ2n) is 11.2. The molecule has 44 heavy (non-hydrogen) atoms. The van der Waals surface area contributed by atoms with E-state index in [0.29, 0.717) is 60.9 Å². The lowest BCUT2D eigenvalue weighted by Crippen LogP contribution is -2.56. The summed E-state index contributed by atoms with van der Waals surface area (Å²) in [5, 5.41) is 14.3. The second-order valence-corrected chi connectivity index (χ2v) is 11.6. The van der Waals surface area contributed by atoms with Crippen LogP contribution in [0.1, 0.15) is 37.4 Å². The molecule has 0 bridgehead atoms. The number of aryl methyl sites for hydroxylation is 1. The number of phenols is 1. The van der Waals surface area contributed by atoms with E-state index in [-0.39, 0.29) is 34.2 Å². The van der Waals surface area contributed by atoms with Crippen molar-refractivity contribution in [3.05, 3.63) is 75.4 Å². The van der Waals surface area contributed by atoms with E-state index in [1.165, 1.54) is 10.6 Å². The monoisotopic (exact) mass is 621 g/mol. The van der Waals surface area contributed by atoms with Crippen molar-refractivity contribution in [2.75, 3.05) is 36.4 Å². The van der Waals surface area contributed by atoms with Gasteiger partial charge in [0, 0.05) is 38.4 Å². The number of piperazine rings is 1. The van der Waals surface area contributed by atoms with Crippen molar-refractivity contribution in [2.24, 2.45) is 0 Å². The fourth-order valence-electron chi connectivity index (χ4n) is 6.08. The maximum Gasteiger partial charge on any atom is 0.355 e. The van der Waals surface area contributed by atoms with Crippen molar-refractivity contribution in [2.45, 2.75) is 39.2 Å². The molecule has 2 aliphatic rings. The maximum absolute atomic E-state index is 15.3. The number of carbonyl (C=O) groups excluding carboxylic acids is 1. The summed E-state index contributed by atoms with van der Waals surface area (Å²) in [5.74, 6) is -3.07. The topological polar surface area (TPSA) is 116 Å². The number of rotatable bonds is 4. The minimum absolute atomic E-state index is 0.0727. The molecule has 1 aromatic carbocycles. The quantitative estimate of drug-likeness (QED) is 0.308. The Bertz CT molecular complexity index is 1910. The summed E-state index contributed by atoms with van der Waals surface area (Å²) in [6.07, 6.45) is 3.47. The van der Waals surface area contributed by atoms with E-state index in [1.807, 2.05) is 25.7 Å². The zero-order chi connectivity index (χ0) is 31.4. The standard InChI is InChI=1S/C31H30ClF2N7O3/c1-5-20(43)39-12-13-40-17(14-39)9-11-36-26-22-29(40)38-31(44)41(28-16(4)8-10-35-25(28)15(2)3)30(22)37-27(23(26)32)21-19(42)7-6-18(33)24(21)34/h5-8,10,15,17,36,42H,1,9,11-14H2,2-4H3. The maximum atomic E-state index is 15.3. The van der Waals surface area contributed by atoms with Crippen LogP contribution in [0.2, 0.25) is 5.02 Å². The molecule has 13 heteroatoms. The highest BCUT2D eigenvalue weighted by Gasteiger charge is 2.36. The summed E-state index contributed by atoms with van der Waals surface area (Å²) in [7, 11) is 0. The molecule has 1 saturated heterocycles. The summed E-state index contributed by atoms with van der Waals surface area (Å²) in [6.45, 7) is 10.8. The van der Waals surface area contributed by atoms with Gasteiger partial charge in [-0.05, 0) is 49.1 Å². The fourth-order valence-corrected chi connectivity index (χ4v) is 6.38. The van der Waals surface area contributed by atoms with Gasteiger partial charge in [-0.15, -0.1) is 0 Å². The number of aromatic nitrogens is 4. The van der Waals surface area contributed by atoms with Gasteiger partial charge in [-0.25, -0.2) is 23.1 Å². The van der Waals surface area contributed by atoms with Crippen LogP contribution >= 0.6 is 11.6 Å². The average Bonchev–Trinajstić information content (AvgIpc) is 2.99. The van der Waals surface area contributed by atoms with Crippen LogP contribution in [-0.2, 0) is 4.79 Å². The van der Waals surface area contributed by atoms with Crippen LogP contribution in [0.15, 0.2) is 41.8 Å². The summed E-state index contributed by atoms with van der Waals surface area (Å²) in [6, 6.07) is 3.39. The van der Waals surface area contributed by atoms with E-state index in [9.17, 15) is 19.1 Å². The molecule has 0 aliphatic carbocycles. The summed E-state index contributed by atoms with van der Waals surface area (Å²) in [5.41, 5.74) is 0.735. The van der Waals surface area contributed by atoms with Crippen molar-refractivity contribution in [3.8, 4) is 22.7 Å². The van der Waals surface area contributed by atoms with Crippen molar-refractivity contribution in [3.63, 3.8) is 0 Å². The average molecular weight is 622 g/mol. The third-order valence-electron chi connectivity index (χ3n) is 8.20. The Balaban J connectivity index is 1.73. The Morgan fingerprint density at radius 3 is 2.73 bits per heavy atom. The lowest BCUT2D eigenvalue weighted by atomic mass is 10.0. The van der Waals surface area contributed by atoms with Gasteiger partial charge in [-0.2, -0.15) is 4.98 Å². The first-order valence-corrected chi connectivity index (χ1v) is 14.6. The number of carbonyl (C=O) groups is 1. The summed E-state index contributed by atoms with van der Waals surface area (Å²) < 4.78 is 31.1. The van der Waals surface area contributed by atoms with E-state index in [2.05, 4.69) is 21.9 Å². The van der Waals surface area contributed by atoms with Crippen LogP contribution in [0.5, 0.6) is 5.75 Å². The smallest absolute Gasteiger partial charge is 0.355 e. The number of amides is 1. The molecular formula is C31H30ClF2N7O3. The minimum Gasteiger partial charge on any atom is -0.507 e. The van der Waals surface area contributed by atoms with Gasteiger partial charge in [-0.3, -0.25) is 9.78 Å². The predicted molar refractivity (Wildman–Crippen MR) is 165 cm³/mol. The van der Waals surface area contributed by atoms with Crippen LogP contribution < -0.4 is 15.9 Å². The molecule has 228 valence electrons. The normalized spacial score (nSPS) is 16.4. The molecular weight excluding hydrogens is 592 g/mol. The lowest BCUT2D eigenvalue weighted by Gasteiger charge is -2.43. The molecule has 10 nitrogen and oxygen atoms in total. The number of hydrogen-bond acceptors (Lipinski definition) is 8. The first kappa shape index (κ1) is 29.5.